The molecule has 0 spiro atoms. The van der Waals surface area contributed by atoms with E-state index in [1.807, 2.05) is 30.3 Å². The summed E-state index contributed by atoms with van der Waals surface area (Å²) < 4.78 is 6.09. The van der Waals surface area contributed by atoms with Crippen molar-refractivity contribution in [1.29, 1.82) is 0 Å². The van der Waals surface area contributed by atoms with E-state index in [4.69, 9.17) is 16.0 Å². The Morgan fingerprint density at radius 1 is 0.766 bits per heavy atom. The Kier molecular flexibility index (Phi) is 7.43. The van der Waals surface area contributed by atoms with Crippen molar-refractivity contribution >= 4 is 55.7 Å². The fourth-order valence-corrected chi connectivity index (χ4v) is 6.86. The van der Waals surface area contributed by atoms with Gasteiger partial charge in [-0.15, -0.1) is 0 Å². The van der Waals surface area contributed by atoms with Gasteiger partial charge >= 0.3 is 0 Å². The standard InChI is InChI=1S/C42H36N4O/c1-28-34-13-4-2-10-30(34)12-8-9-25-45(38-24-20-31-11-3-5-14-35(31)41(28)38)33-21-17-29(18-22-33)27-46(44)42(43)32-19-23-37-36-15-6-7-16-39(36)47-40(37)26-32/h2-7,9-26,42H,8,27,43-44H2,1H3/b25-9?,30-12-,34-28+. The molecule has 0 radical (unpaired) electrons. The van der Waals surface area contributed by atoms with Gasteiger partial charge in [-0.05, 0) is 81.6 Å². The quantitative estimate of drug-likeness (QED) is 0.117. The highest BCUT2D eigenvalue weighted by atomic mass is 16.3. The molecule has 0 amide bonds. The normalized spacial score (nSPS) is 15.8. The summed E-state index contributed by atoms with van der Waals surface area (Å²) in [5, 5.41) is 8.83. The summed E-state index contributed by atoms with van der Waals surface area (Å²) in [4.78, 5) is 2.30. The van der Waals surface area contributed by atoms with Gasteiger partial charge in [-0.25, -0.2) is 5.01 Å². The van der Waals surface area contributed by atoms with E-state index in [0.29, 0.717) is 6.54 Å². The van der Waals surface area contributed by atoms with E-state index in [9.17, 15) is 0 Å². The molecule has 1 aromatic heterocycles. The summed E-state index contributed by atoms with van der Waals surface area (Å²) in [6.07, 6.45) is 7.07. The van der Waals surface area contributed by atoms with Crippen molar-refractivity contribution in [3.05, 3.63) is 167 Å². The lowest BCUT2D eigenvalue weighted by atomic mass is 9.94. The van der Waals surface area contributed by atoms with Gasteiger partial charge in [0, 0.05) is 34.8 Å². The smallest absolute Gasteiger partial charge is 0.135 e. The lowest BCUT2D eigenvalue weighted by molar-refractivity contribution is 0.197. The van der Waals surface area contributed by atoms with E-state index in [-0.39, 0.29) is 0 Å². The molecule has 6 aromatic carbocycles. The second-order valence-electron chi connectivity index (χ2n) is 12.2. The summed E-state index contributed by atoms with van der Waals surface area (Å²) >= 11 is 0. The average Bonchev–Trinajstić information content (AvgIpc) is 3.49. The van der Waals surface area contributed by atoms with Crippen molar-refractivity contribution in [2.24, 2.45) is 11.6 Å². The van der Waals surface area contributed by atoms with Crippen LogP contribution >= 0.6 is 0 Å². The molecule has 0 saturated heterocycles. The van der Waals surface area contributed by atoms with Crippen molar-refractivity contribution < 1.29 is 4.42 Å². The minimum atomic E-state index is -0.491. The molecule has 7 aromatic rings. The van der Waals surface area contributed by atoms with Gasteiger partial charge in [-0.2, -0.15) is 0 Å². The van der Waals surface area contributed by atoms with Gasteiger partial charge in [0.05, 0.1) is 11.9 Å². The number of para-hydroxylation sites is 1. The maximum absolute atomic E-state index is 6.66. The highest BCUT2D eigenvalue weighted by Gasteiger charge is 2.19. The molecule has 4 N–H and O–H groups in total. The number of allylic oxidation sites excluding steroid dienone is 1. The number of hydrazine groups is 1. The average molecular weight is 613 g/mol. The summed E-state index contributed by atoms with van der Waals surface area (Å²) in [7, 11) is 0. The molecule has 0 saturated carbocycles. The number of nitrogens with two attached hydrogens (primary N) is 2. The topological polar surface area (TPSA) is 71.7 Å². The maximum atomic E-state index is 6.66. The van der Waals surface area contributed by atoms with Crippen LogP contribution in [0.15, 0.2) is 144 Å². The predicted octanol–water partition coefficient (Wildman–Crippen LogP) is 8.13. The first-order valence-electron chi connectivity index (χ1n) is 16.1. The number of benzene rings is 6. The number of hydrogen-bond acceptors (Lipinski definition) is 5. The Bertz CT molecular complexity index is 2420. The zero-order valence-electron chi connectivity index (χ0n) is 26.3. The van der Waals surface area contributed by atoms with Gasteiger partial charge in [-0.3, -0.25) is 5.84 Å². The van der Waals surface area contributed by atoms with Crippen LogP contribution in [-0.4, -0.2) is 5.01 Å². The van der Waals surface area contributed by atoms with Crippen molar-refractivity contribution in [2.45, 2.75) is 26.1 Å². The van der Waals surface area contributed by atoms with Gasteiger partial charge in [0.15, 0.2) is 0 Å². The van der Waals surface area contributed by atoms with Crippen LogP contribution in [0.4, 0.5) is 11.4 Å². The highest BCUT2D eigenvalue weighted by Crippen LogP contribution is 2.38. The molecule has 1 unspecified atom stereocenters. The molecule has 230 valence electrons. The zero-order chi connectivity index (χ0) is 31.9. The van der Waals surface area contributed by atoms with Gasteiger partial charge in [-0.1, -0.05) is 109 Å². The largest absolute Gasteiger partial charge is 0.456 e. The van der Waals surface area contributed by atoms with Crippen molar-refractivity contribution in [3.63, 3.8) is 0 Å². The number of fused-ring (bicyclic) bond motifs is 7. The fraction of sp³-hybridized carbons (Fsp3) is 0.0952. The van der Waals surface area contributed by atoms with E-state index in [2.05, 4.69) is 127 Å². The van der Waals surface area contributed by atoms with Crippen molar-refractivity contribution in [3.8, 4) is 0 Å². The molecule has 0 aliphatic carbocycles. The van der Waals surface area contributed by atoms with E-state index >= 15 is 0 Å². The molecule has 5 heteroatoms. The number of nitrogens with zero attached hydrogens (tertiary/aromatic N) is 2. The van der Waals surface area contributed by atoms with Gasteiger partial charge in [0.25, 0.3) is 0 Å². The molecule has 1 atom stereocenters. The third-order valence-electron chi connectivity index (χ3n) is 9.32. The Balaban J connectivity index is 1.11. The SMILES string of the molecule is C/C1=c2/cccc/c2=C/CC=CN(c2ccc(CN(N)C(N)c3ccc4c(c3)oc3ccccc34)cc2)c2ccc3ccccc3c21. The van der Waals surface area contributed by atoms with E-state index in [1.165, 1.54) is 32.3 Å². The minimum absolute atomic E-state index is 0.491. The summed E-state index contributed by atoms with van der Waals surface area (Å²) in [5.74, 6) is 6.57. The first-order valence-corrected chi connectivity index (χ1v) is 16.1. The molecule has 47 heavy (non-hydrogen) atoms. The van der Waals surface area contributed by atoms with Crippen LogP contribution in [0.3, 0.4) is 0 Å². The monoisotopic (exact) mass is 612 g/mol. The molecule has 0 bridgehead atoms. The molecule has 8 rings (SSSR count). The maximum Gasteiger partial charge on any atom is 0.135 e. The Morgan fingerprint density at radius 3 is 2.38 bits per heavy atom. The molecule has 5 nitrogen and oxygen atoms in total. The third kappa shape index (κ3) is 5.30. The van der Waals surface area contributed by atoms with Gasteiger partial charge in [0.2, 0.25) is 0 Å². The fourth-order valence-electron chi connectivity index (χ4n) is 6.86. The van der Waals surface area contributed by atoms with Crippen LogP contribution in [0.1, 0.15) is 36.2 Å². The molecule has 1 aliphatic rings. The third-order valence-corrected chi connectivity index (χ3v) is 9.32. The number of rotatable bonds is 5. The Labute approximate surface area is 273 Å². The lowest BCUT2D eigenvalue weighted by Crippen LogP contribution is -2.39. The first-order chi connectivity index (χ1) is 23.0. The second kappa shape index (κ2) is 12.0. The van der Waals surface area contributed by atoms with Crippen LogP contribution in [0.2, 0.25) is 0 Å². The van der Waals surface area contributed by atoms with Crippen LogP contribution in [0.5, 0.6) is 0 Å². The number of furan rings is 1. The first kappa shape index (κ1) is 29.0. The Hall–Kier alpha value is -5.46. The minimum Gasteiger partial charge on any atom is -0.456 e. The van der Waals surface area contributed by atoms with Crippen LogP contribution in [-0.2, 0) is 6.54 Å². The molecule has 2 heterocycles. The zero-order valence-corrected chi connectivity index (χ0v) is 26.3. The molecule has 0 fully saturated rings. The lowest BCUT2D eigenvalue weighted by Gasteiger charge is -2.27. The Morgan fingerprint density at radius 2 is 1.51 bits per heavy atom. The van der Waals surface area contributed by atoms with E-state index in [0.717, 1.165) is 50.9 Å². The van der Waals surface area contributed by atoms with Crippen molar-refractivity contribution in [2.75, 3.05) is 4.90 Å². The number of hydrogen-bond donors (Lipinski definition) is 2. The summed E-state index contributed by atoms with van der Waals surface area (Å²) in [5.41, 5.74) is 15.0. The van der Waals surface area contributed by atoms with E-state index < -0.39 is 6.17 Å². The molecular weight excluding hydrogens is 576 g/mol. The summed E-state index contributed by atoms with van der Waals surface area (Å²) in [6, 6.07) is 44.5. The van der Waals surface area contributed by atoms with Crippen LogP contribution < -0.4 is 26.9 Å². The molecule has 1 aliphatic heterocycles. The van der Waals surface area contributed by atoms with Crippen LogP contribution in [0, 0.1) is 0 Å². The highest BCUT2D eigenvalue weighted by molar-refractivity contribution is 6.05. The van der Waals surface area contributed by atoms with E-state index in [1.54, 1.807) is 5.01 Å². The predicted molar refractivity (Wildman–Crippen MR) is 195 cm³/mol. The van der Waals surface area contributed by atoms with Gasteiger partial charge in [0.1, 0.15) is 11.2 Å². The summed E-state index contributed by atoms with van der Waals surface area (Å²) in [6.45, 7) is 2.74. The van der Waals surface area contributed by atoms with Gasteiger partial charge < -0.3 is 15.1 Å². The number of anilines is 2. The second-order valence-corrected chi connectivity index (χ2v) is 12.2. The van der Waals surface area contributed by atoms with Crippen LogP contribution in [0.25, 0.3) is 44.4 Å². The van der Waals surface area contributed by atoms with Crippen molar-refractivity contribution in [1.82, 2.24) is 5.01 Å². The molecular formula is C42H36N4O.